The molecule has 12 heavy (non-hydrogen) atoms. The Morgan fingerprint density at radius 2 is 2.33 bits per heavy atom. The van der Waals surface area contributed by atoms with Gasteiger partial charge in [0.2, 0.25) is 0 Å². The first-order valence-electron chi connectivity index (χ1n) is 3.42. The second kappa shape index (κ2) is 3.21. The maximum atomic E-state index is 11.1. The fourth-order valence-corrected chi connectivity index (χ4v) is 1.01. The summed E-state index contributed by atoms with van der Waals surface area (Å²) in [5.74, 6) is -0.490. The molecule has 0 saturated heterocycles. The van der Waals surface area contributed by atoms with Crippen LogP contribution in [0.15, 0.2) is 6.20 Å². The number of aromatic amines is 1. The van der Waals surface area contributed by atoms with Crippen LogP contribution >= 0.6 is 0 Å². The van der Waals surface area contributed by atoms with E-state index in [0.29, 0.717) is 17.4 Å². The van der Waals surface area contributed by atoms with Gasteiger partial charge in [0.25, 0.3) is 0 Å². The number of ether oxygens (including phenoxy) is 1. The summed E-state index contributed by atoms with van der Waals surface area (Å²) in [4.78, 5) is 24.2. The lowest BCUT2D eigenvalue weighted by Crippen LogP contribution is -2.04. The molecule has 64 valence electrons. The number of nitrogens with one attached hydrogen (secondary N) is 1. The number of carbonyl (C=O) groups excluding carboxylic acids is 2. The lowest BCUT2D eigenvalue weighted by Gasteiger charge is -1.97. The summed E-state index contributed by atoms with van der Waals surface area (Å²) in [6.07, 6.45) is 2.19. The number of rotatable bonds is 2. The zero-order valence-electron chi connectivity index (χ0n) is 6.88. The number of esters is 1. The zero-order valence-corrected chi connectivity index (χ0v) is 6.88. The highest BCUT2D eigenvalue weighted by Crippen LogP contribution is 2.12. The van der Waals surface area contributed by atoms with Crippen molar-refractivity contribution in [2.75, 3.05) is 7.11 Å². The zero-order chi connectivity index (χ0) is 9.14. The molecule has 0 atom stereocenters. The van der Waals surface area contributed by atoms with Crippen LogP contribution in [-0.4, -0.2) is 24.3 Å². The molecular weight excluding hydrogens is 158 g/mol. The van der Waals surface area contributed by atoms with Crippen molar-refractivity contribution in [3.8, 4) is 0 Å². The first-order chi connectivity index (χ1) is 5.70. The minimum atomic E-state index is -0.490. The third kappa shape index (κ3) is 1.23. The van der Waals surface area contributed by atoms with E-state index in [2.05, 4.69) is 9.72 Å². The molecule has 0 aromatic carbocycles. The highest BCUT2D eigenvalue weighted by molar-refractivity contribution is 5.98. The van der Waals surface area contributed by atoms with Crippen molar-refractivity contribution >= 4 is 12.3 Å². The molecule has 0 aliphatic rings. The van der Waals surface area contributed by atoms with Crippen molar-refractivity contribution in [1.82, 2.24) is 4.98 Å². The van der Waals surface area contributed by atoms with Gasteiger partial charge in [-0.05, 0) is 12.5 Å². The van der Waals surface area contributed by atoms with E-state index in [-0.39, 0.29) is 5.69 Å². The van der Waals surface area contributed by atoms with E-state index in [4.69, 9.17) is 0 Å². The largest absolute Gasteiger partial charge is 0.465 e. The average Bonchev–Trinajstić information content (AvgIpc) is 2.45. The third-order valence-corrected chi connectivity index (χ3v) is 1.62. The van der Waals surface area contributed by atoms with Gasteiger partial charge in [0.05, 0.1) is 18.4 Å². The fraction of sp³-hybridized carbons (Fsp3) is 0.250. The Morgan fingerprint density at radius 3 is 2.83 bits per heavy atom. The molecule has 4 nitrogen and oxygen atoms in total. The van der Waals surface area contributed by atoms with Crippen molar-refractivity contribution < 1.29 is 14.3 Å². The lowest BCUT2D eigenvalue weighted by atomic mass is 10.2. The number of aryl methyl sites for hydroxylation is 1. The smallest absolute Gasteiger partial charge is 0.340 e. The van der Waals surface area contributed by atoms with Gasteiger partial charge in [0.1, 0.15) is 0 Å². The maximum absolute atomic E-state index is 11.1. The monoisotopic (exact) mass is 167 g/mol. The van der Waals surface area contributed by atoms with Gasteiger partial charge < -0.3 is 9.72 Å². The van der Waals surface area contributed by atoms with Crippen LogP contribution in [0.3, 0.4) is 0 Å². The van der Waals surface area contributed by atoms with E-state index in [1.165, 1.54) is 7.11 Å². The normalized spacial score (nSPS) is 9.50. The number of hydrogen-bond acceptors (Lipinski definition) is 3. The van der Waals surface area contributed by atoms with Crippen molar-refractivity contribution in [1.29, 1.82) is 0 Å². The predicted octanol–water partition coefficient (Wildman–Crippen LogP) is 0.922. The topological polar surface area (TPSA) is 59.2 Å². The summed E-state index contributed by atoms with van der Waals surface area (Å²) in [5, 5.41) is 0. The van der Waals surface area contributed by atoms with Crippen LogP contribution in [0.1, 0.15) is 26.4 Å². The molecule has 0 unspecified atom stereocenters. The fourth-order valence-electron chi connectivity index (χ4n) is 1.01. The summed E-state index contributed by atoms with van der Waals surface area (Å²) < 4.78 is 4.50. The van der Waals surface area contributed by atoms with Crippen LogP contribution in [0, 0.1) is 6.92 Å². The van der Waals surface area contributed by atoms with E-state index in [9.17, 15) is 9.59 Å². The molecule has 0 fully saturated rings. The molecule has 0 spiro atoms. The van der Waals surface area contributed by atoms with E-state index in [1.54, 1.807) is 13.1 Å². The lowest BCUT2D eigenvalue weighted by molar-refractivity contribution is 0.0598. The Morgan fingerprint density at radius 1 is 1.67 bits per heavy atom. The number of aldehydes is 1. The molecule has 0 bridgehead atoms. The average molecular weight is 167 g/mol. The second-order valence-electron chi connectivity index (χ2n) is 2.37. The summed E-state index contributed by atoms with van der Waals surface area (Å²) in [7, 11) is 1.28. The Hall–Kier alpha value is -1.58. The molecule has 1 N–H and O–H groups in total. The Labute approximate surface area is 69.5 Å². The van der Waals surface area contributed by atoms with Crippen molar-refractivity contribution in [2.45, 2.75) is 6.92 Å². The van der Waals surface area contributed by atoms with Gasteiger partial charge in [-0.1, -0.05) is 0 Å². The molecule has 4 heteroatoms. The third-order valence-electron chi connectivity index (χ3n) is 1.62. The number of carbonyl (C=O) groups is 2. The van der Waals surface area contributed by atoms with Gasteiger partial charge in [-0.3, -0.25) is 4.79 Å². The molecule has 0 radical (unpaired) electrons. The van der Waals surface area contributed by atoms with Gasteiger partial charge in [0.15, 0.2) is 6.29 Å². The molecular formula is C8H9NO3. The first-order valence-corrected chi connectivity index (χ1v) is 3.42. The number of aromatic nitrogens is 1. The summed E-state index contributed by atoms with van der Waals surface area (Å²) >= 11 is 0. The molecule has 0 amide bonds. The number of H-pyrrole nitrogens is 1. The molecule has 1 heterocycles. The molecule has 1 aromatic rings. The number of hydrogen-bond donors (Lipinski definition) is 1. The summed E-state index contributed by atoms with van der Waals surface area (Å²) in [5.41, 5.74) is 1.29. The van der Waals surface area contributed by atoms with E-state index >= 15 is 0 Å². The van der Waals surface area contributed by atoms with Crippen LogP contribution < -0.4 is 0 Å². The van der Waals surface area contributed by atoms with Crippen molar-refractivity contribution in [2.24, 2.45) is 0 Å². The molecule has 0 aliphatic heterocycles. The highest BCUT2D eigenvalue weighted by Gasteiger charge is 2.15. The van der Waals surface area contributed by atoms with Crippen LogP contribution in [0.5, 0.6) is 0 Å². The van der Waals surface area contributed by atoms with Gasteiger partial charge >= 0.3 is 5.97 Å². The summed E-state index contributed by atoms with van der Waals surface area (Å²) in [6, 6.07) is 0. The SMILES string of the molecule is COC(=O)c1c(C)c[nH]c1C=O. The van der Waals surface area contributed by atoms with Crippen molar-refractivity contribution in [3.05, 3.63) is 23.0 Å². The molecule has 0 saturated carbocycles. The maximum Gasteiger partial charge on any atom is 0.340 e. The van der Waals surface area contributed by atoms with Crippen LogP contribution in [0.4, 0.5) is 0 Å². The van der Waals surface area contributed by atoms with Gasteiger partial charge in [-0.25, -0.2) is 4.79 Å². The Kier molecular flexibility index (Phi) is 2.28. The molecule has 1 aromatic heterocycles. The molecule has 1 rings (SSSR count). The van der Waals surface area contributed by atoms with Gasteiger partial charge in [0, 0.05) is 6.20 Å². The summed E-state index contributed by atoms with van der Waals surface area (Å²) in [6.45, 7) is 1.73. The molecule has 0 aliphatic carbocycles. The minimum absolute atomic E-state index is 0.263. The second-order valence-corrected chi connectivity index (χ2v) is 2.37. The number of methoxy groups -OCH3 is 1. The minimum Gasteiger partial charge on any atom is -0.465 e. The van der Waals surface area contributed by atoms with Crippen LogP contribution in [0.2, 0.25) is 0 Å². The van der Waals surface area contributed by atoms with E-state index < -0.39 is 5.97 Å². The van der Waals surface area contributed by atoms with Crippen LogP contribution in [0.25, 0.3) is 0 Å². The predicted molar refractivity (Wildman–Crippen MR) is 42.3 cm³/mol. The van der Waals surface area contributed by atoms with E-state index in [1.807, 2.05) is 0 Å². The van der Waals surface area contributed by atoms with Gasteiger partial charge in [-0.15, -0.1) is 0 Å². The first kappa shape index (κ1) is 8.52. The quantitative estimate of drug-likeness (QED) is 0.526. The standard InChI is InChI=1S/C8H9NO3/c1-5-3-9-6(4-10)7(5)8(11)12-2/h3-4,9H,1-2H3. The van der Waals surface area contributed by atoms with E-state index in [0.717, 1.165) is 0 Å². The van der Waals surface area contributed by atoms with Crippen LogP contribution in [-0.2, 0) is 4.74 Å². The van der Waals surface area contributed by atoms with Crippen molar-refractivity contribution in [3.63, 3.8) is 0 Å². The highest BCUT2D eigenvalue weighted by atomic mass is 16.5. The Bertz CT molecular complexity index is 314. The van der Waals surface area contributed by atoms with Gasteiger partial charge in [-0.2, -0.15) is 0 Å². The Balaban J connectivity index is 3.18.